The van der Waals surface area contributed by atoms with Gasteiger partial charge in [0.05, 0.1) is 6.61 Å². The molecule has 0 radical (unpaired) electrons. The standard InChI is InChI=1S/C11H17NO/c1-9-3-5-11(6-4-9)10(2)12-7-8-13/h3-6,10,12-13H,7-8H2,1-2H3/t10-/m1/s1. The minimum atomic E-state index is 0.191. The molecule has 0 fully saturated rings. The van der Waals surface area contributed by atoms with Gasteiger partial charge in [-0.15, -0.1) is 0 Å². The first-order valence-corrected chi connectivity index (χ1v) is 4.65. The maximum absolute atomic E-state index is 8.64. The lowest BCUT2D eigenvalue weighted by atomic mass is 10.1. The third kappa shape index (κ3) is 3.17. The lowest BCUT2D eigenvalue weighted by Gasteiger charge is -2.13. The summed E-state index contributed by atoms with van der Waals surface area (Å²) < 4.78 is 0. The predicted molar refractivity (Wildman–Crippen MR) is 54.7 cm³/mol. The highest BCUT2D eigenvalue weighted by molar-refractivity contribution is 5.23. The second-order valence-electron chi connectivity index (χ2n) is 3.31. The van der Waals surface area contributed by atoms with Gasteiger partial charge < -0.3 is 10.4 Å². The molecule has 1 rings (SSSR count). The van der Waals surface area contributed by atoms with E-state index in [2.05, 4.69) is 43.4 Å². The van der Waals surface area contributed by atoms with E-state index in [0.29, 0.717) is 12.6 Å². The van der Waals surface area contributed by atoms with E-state index >= 15 is 0 Å². The van der Waals surface area contributed by atoms with Gasteiger partial charge in [-0.2, -0.15) is 0 Å². The van der Waals surface area contributed by atoms with Crippen molar-refractivity contribution in [3.8, 4) is 0 Å². The SMILES string of the molecule is Cc1ccc([C@@H](C)NCCO)cc1. The van der Waals surface area contributed by atoms with Crippen molar-refractivity contribution < 1.29 is 5.11 Å². The second kappa shape index (κ2) is 5.00. The van der Waals surface area contributed by atoms with Crippen LogP contribution in [0.5, 0.6) is 0 Å². The molecule has 2 nitrogen and oxygen atoms in total. The van der Waals surface area contributed by atoms with Gasteiger partial charge in [-0.25, -0.2) is 0 Å². The zero-order chi connectivity index (χ0) is 9.68. The van der Waals surface area contributed by atoms with Crippen molar-refractivity contribution in [2.75, 3.05) is 13.2 Å². The Kier molecular flexibility index (Phi) is 3.93. The van der Waals surface area contributed by atoms with Crippen LogP contribution in [0.1, 0.15) is 24.1 Å². The van der Waals surface area contributed by atoms with Crippen molar-refractivity contribution in [2.45, 2.75) is 19.9 Å². The van der Waals surface area contributed by atoms with Crippen molar-refractivity contribution in [3.63, 3.8) is 0 Å². The van der Waals surface area contributed by atoms with Crippen molar-refractivity contribution in [1.82, 2.24) is 5.32 Å². The van der Waals surface area contributed by atoms with Gasteiger partial charge in [0.15, 0.2) is 0 Å². The molecule has 0 aromatic heterocycles. The largest absolute Gasteiger partial charge is 0.395 e. The summed E-state index contributed by atoms with van der Waals surface area (Å²) in [5, 5.41) is 11.9. The summed E-state index contributed by atoms with van der Waals surface area (Å²) in [6.07, 6.45) is 0. The summed E-state index contributed by atoms with van der Waals surface area (Å²) in [6, 6.07) is 8.75. The van der Waals surface area contributed by atoms with Crippen LogP contribution in [0.4, 0.5) is 0 Å². The molecule has 0 aliphatic carbocycles. The Balaban J connectivity index is 2.55. The molecule has 2 heteroatoms. The summed E-state index contributed by atoms with van der Waals surface area (Å²) in [4.78, 5) is 0. The van der Waals surface area contributed by atoms with Gasteiger partial charge in [-0.05, 0) is 19.4 Å². The third-order valence-electron chi connectivity index (χ3n) is 2.14. The Hall–Kier alpha value is -0.860. The lowest BCUT2D eigenvalue weighted by molar-refractivity contribution is 0.286. The predicted octanol–water partition coefficient (Wildman–Crippen LogP) is 1.64. The molecule has 2 N–H and O–H groups in total. The van der Waals surface area contributed by atoms with Crippen LogP contribution in [0, 0.1) is 6.92 Å². The number of aliphatic hydroxyl groups is 1. The van der Waals surface area contributed by atoms with Crippen molar-refractivity contribution in [1.29, 1.82) is 0 Å². The minimum absolute atomic E-state index is 0.191. The van der Waals surface area contributed by atoms with Gasteiger partial charge >= 0.3 is 0 Å². The van der Waals surface area contributed by atoms with Crippen LogP contribution >= 0.6 is 0 Å². The van der Waals surface area contributed by atoms with E-state index in [4.69, 9.17) is 5.11 Å². The van der Waals surface area contributed by atoms with Crippen molar-refractivity contribution in [3.05, 3.63) is 35.4 Å². The Morgan fingerprint density at radius 3 is 2.46 bits per heavy atom. The fourth-order valence-electron chi connectivity index (χ4n) is 1.25. The molecule has 0 aliphatic heterocycles. The van der Waals surface area contributed by atoms with E-state index < -0.39 is 0 Å². The van der Waals surface area contributed by atoms with Gasteiger partial charge in [0, 0.05) is 12.6 Å². The molecule has 0 bridgehead atoms. The molecule has 1 aromatic carbocycles. The molecule has 0 saturated carbocycles. The highest BCUT2D eigenvalue weighted by atomic mass is 16.3. The van der Waals surface area contributed by atoms with Crippen LogP contribution in [0.15, 0.2) is 24.3 Å². The molecule has 1 atom stereocenters. The number of hydrogen-bond donors (Lipinski definition) is 2. The van der Waals surface area contributed by atoms with Crippen LogP contribution in [0.25, 0.3) is 0 Å². The average Bonchev–Trinajstić information content (AvgIpc) is 2.15. The van der Waals surface area contributed by atoms with E-state index in [1.165, 1.54) is 11.1 Å². The summed E-state index contributed by atoms with van der Waals surface area (Å²) in [5.74, 6) is 0. The number of benzene rings is 1. The van der Waals surface area contributed by atoms with E-state index in [1.807, 2.05) is 0 Å². The van der Waals surface area contributed by atoms with Gasteiger partial charge in [0.25, 0.3) is 0 Å². The molecular weight excluding hydrogens is 162 g/mol. The number of hydrogen-bond acceptors (Lipinski definition) is 2. The topological polar surface area (TPSA) is 32.3 Å². The zero-order valence-electron chi connectivity index (χ0n) is 8.25. The first kappa shape index (κ1) is 10.2. The normalized spacial score (nSPS) is 12.8. The molecule has 0 aliphatic rings. The lowest BCUT2D eigenvalue weighted by Crippen LogP contribution is -2.21. The summed E-state index contributed by atoms with van der Waals surface area (Å²) in [6.45, 7) is 5.02. The van der Waals surface area contributed by atoms with Crippen LogP contribution in [-0.2, 0) is 0 Å². The molecule has 13 heavy (non-hydrogen) atoms. The quantitative estimate of drug-likeness (QED) is 0.736. The first-order chi connectivity index (χ1) is 6.24. The third-order valence-corrected chi connectivity index (χ3v) is 2.14. The number of aliphatic hydroxyl groups excluding tert-OH is 1. The summed E-state index contributed by atoms with van der Waals surface area (Å²) >= 11 is 0. The van der Waals surface area contributed by atoms with Gasteiger partial charge in [-0.3, -0.25) is 0 Å². The zero-order valence-corrected chi connectivity index (χ0v) is 8.25. The number of aryl methyl sites for hydroxylation is 1. The molecule has 0 spiro atoms. The van der Waals surface area contributed by atoms with Crippen LogP contribution in [0.2, 0.25) is 0 Å². The first-order valence-electron chi connectivity index (χ1n) is 4.65. The highest BCUT2D eigenvalue weighted by Crippen LogP contribution is 2.12. The van der Waals surface area contributed by atoms with Gasteiger partial charge in [0.2, 0.25) is 0 Å². The number of rotatable bonds is 4. The van der Waals surface area contributed by atoms with Crippen molar-refractivity contribution >= 4 is 0 Å². The highest BCUT2D eigenvalue weighted by Gasteiger charge is 2.02. The molecule has 1 aromatic rings. The van der Waals surface area contributed by atoms with E-state index in [1.54, 1.807) is 0 Å². The minimum Gasteiger partial charge on any atom is -0.395 e. The molecule has 0 saturated heterocycles. The van der Waals surface area contributed by atoms with E-state index in [0.717, 1.165) is 0 Å². The Morgan fingerprint density at radius 2 is 1.92 bits per heavy atom. The molecule has 0 heterocycles. The van der Waals surface area contributed by atoms with E-state index in [-0.39, 0.29) is 6.61 Å². The summed E-state index contributed by atoms with van der Waals surface area (Å²) in [7, 11) is 0. The number of nitrogens with one attached hydrogen (secondary N) is 1. The maximum atomic E-state index is 8.64. The van der Waals surface area contributed by atoms with Crippen LogP contribution < -0.4 is 5.32 Å². The molecule has 0 amide bonds. The Labute approximate surface area is 79.6 Å². The molecular formula is C11H17NO. The van der Waals surface area contributed by atoms with Crippen molar-refractivity contribution in [2.24, 2.45) is 0 Å². The molecule has 72 valence electrons. The van der Waals surface area contributed by atoms with E-state index in [9.17, 15) is 0 Å². The Morgan fingerprint density at radius 1 is 1.31 bits per heavy atom. The Bertz CT molecular complexity index is 243. The fourth-order valence-corrected chi connectivity index (χ4v) is 1.25. The fraction of sp³-hybridized carbons (Fsp3) is 0.455. The monoisotopic (exact) mass is 179 g/mol. The second-order valence-corrected chi connectivity index (χ2v) is 3.31. The van der Waals surface area contributed by atoms with Gasteiger partial charge in [-0.1, -0.05) is 29.8 Å². The maximum Gasteiger partial charge on any atom is 0.0556 e. The smallest absolute Gasteiger partial charge is 0.0556 e. The van der Waals surface area contributed by atoms with Crippen LogP contribution in [-0.4, -0.2) is 18.3 Å². The summed E-state index contributed by atoms with van der Waals surface area (Å²) in [5.41, 5.74) is 2.54. The van der Waals surface area contributed by atoms with Crippen LogP contribution in [0.3, 0.4) is 0 Å². The molecule has 0 unspecified atom stereocenters. The van der Waals surface area contributed by atoms with Gasteiger partial charge in [0.1, 0.15) is 0 Å². The average molecular weight is 179 g/mol.